The minimum Gasteiger partial charge on any atom is -0.292 e. The Labute approximate surface area is 155 Å². The molecule has 26 heavy (non-hydrogen) atoms. The van der Waals surface area contributed by atoms with E-state index in [2.05, 4.69) is 58.9 Å². The van der Waals surface area contributed by atoms with Gasteiger partial charge in [0.15, 0.2) is 0 Å². The third kappa shape index (κ3) is 3.87. The number of hydrogen-bond donors (Lipinski definition) is 0. The summed E-state index contributed by atoms with van der Waals surface area (Å²) in [6.07, 6.45) is 0.789. The van der Waals surface area contributed by atoms with Crippen molar-refractivity contribution in [2.75, 3.05) is 0 Å². The van der Waals surface area contributed by atoms with Gasteiger partial charge in [0.25, 0.3) is 5.56 Å². The van der Waals surface area contributed by atoms with Gasteiger partial charge in [0.2, 0.25) is 0 Å². The molecule has 0 unspecified atom stereocenters. The standard InChI is InChI=1S/C23H28N2O/c1-16(2)13-21-24-20-14-18(23(3,4)5)11-12-19(20)22(26)25(21)15-17-9-7-6-8-10-17/h6-12,14,16H,13,15H2,1-5H3. The van der Waals surface area contributed by atoms with Crippen molar-refractivity contribution in [3.8, 4) is 0 Å². The summed E-state index contributed by atoms with van der Waals surface area (Å²) >= 11 is 0. The Morgan fingerprint density at radius 3 is 2.35 bits per heavy atom. The predicted octanol–water partition coefficient (Wildman–Crippen LogP) is 4.94. The van der Waals surface area contributed by atoms with E-state index in [-0.39, 0.29) is 11.0 Å². The van der Waals surface area contributed by atoms with E-state index in [0.717, 1.165) is 23.3 Å². The van der Waals surface area contributed by atoms with E-state index in [4.69, 9.17) is 4.98 Å². The van der Waals surface area contributed by atoms with Crippen LogP contribution in [0.2, 0.25) is 0 Å². The van der Waals surface area contributed by atoms with E-state index in [1.54, 1.807) is 0 Å². The Hall–Kier alpha value is -2.42. The number of hydrogen-bond acceptors (Lipinski definition) is 2. The van der Waals surface area contributed by atoms with Crippen LogP contribution in [0.1, 0.15) is 51.6 Å². The molecule has 0 amide bonds. The molecule has 2 aromatic carbocycles. The van der Waals surface area contributed by atoms with E-state index in [0.29, 0.717) is 17.8 Å². The van der Waals surface area contributed by atoms with Crippen LogP contribution in [0.3, 0.4) is 0 Å². The minimum atomic E-state index is 0.0347. The first-order chi connectivity index (χ1) is 12.3. The lowest BCUT2D eigenvalue weighted by Crippen LogP contribution is -2.27. The molecule has 3 aromatic rings. The molecule has 0 aliphatic rings. The number of nitrogens with zero attached hydrogens (tertiary/aromatic N) is 2. The highest BCUT2D eigenvalue weighted by molar-refractivity contribution is 5.78. The summed E-state index contributed by atoms with van der Waals surface area (Å²) in [5.74, 6) is 1.31. The first kappa shape index (κ1) is 18.4. The molecule has 0 fully saturated rings. The summed E-state index contributed by atoms with van der Waals surface area (Å²) in [6, 6.07) is 16.2. The highest BCUT2D eigenvalue weighted by atomic mass is 16.1. The molecule has 0 aliphatic carbocycles. The summed E-state index contributed by atoms with van der Waals surface area (Å²) < 4.78 is 1.84. The van der Waals surface area contributed by atoms with E-state index in [1.807, 2.05) is 28.8 Å². The Bertz CT molecular complexity index is 963. The molecular formula is C23H28N2O. The molecule has 0 saturated heterocycles. The summed E-state index contributed by atoms with van der Waals surface area (Å²) in [5.41, 5.74) is 3.21. The van der Waals surface area contributed by atoms with Crippen LogP contribution in [-0.2, 0) is 18.4 Å². The third-order valence-electron chi connectivity index (χ3n) is 4.67. The van der Waals surface area contributed by atoms with Crippen molar-refractivity contribution in [3.05, 3.63) is 75.8 Å². The maximum atomic E-state index is 13.2. The smallest absolute Gasteiger partial charge is 0.261 e. The zero-order valence-electron chi connectivity index (χ0n) is 16.4. The van der Waals surface area contributed by atoms with Gasteiger partial charge in [-0.15, -0.1) is 0 Å². The predicted molar refractivity (Wildman–Crippen MR) is 109 cm³/mol. The zero-order chi connectivity index (χ0) is 18.9. The van der Waals surface area contributed by atoms with Crippen molar-refractivity contribution >= 4 is 10.9 Å². The lowest BCUT2D eigenvalue weighted by Gasteiger charge is -2.20. The molecule has 3 rings (SSSR count). The lowest BCUT2D eigenvalue weighted by atomic mass is 9.86. The van der Waals surface area contributed by atoms with Gasteiger partial charge < -0.3 is 0 Å². The van der Waals surface area contributed by atoms with E-state index in [9.17, 15) is 4.79 Å². The van der Waals surface area contributed by atoms with E-state index >= 15 is 0 Å². The second kappa shape index (κ2) is 7.06. The molecule has 0 N–H and O–H groups in total. The second-order valence-corrected chi connectivity index (χ2v) is 8.48. The second-order valence-electron chi connectivity index (χ2n) is 8.48. The third-order valence-corrected chi connectivity index (χ3v) is 4.67. The summed E-state index contributed by atoms with van der Waals surface area (Å²) in [4.78, 5) is 18.1. The molecular weight excluding hydrogens is 320 g/mol. The molecule has 0 aliphatic heterocycles. The Morgan fingerprint density at radius 2 is 1.73 bits per heavy atom. The van der Waals surface area contributed by atoms with Gasteiger partial charge in [-0.3, -0.25) is 9.36 Å². The molecule has 0 bridgehead atoms. The fraction of sp³-hybridized carbons (Fsp3) is 0.391. The van der Waals surface area contributed by atoms with Crippen LogP contribution in [0.25, 0.3) is 10.9 Å². The summed E-state index contributed by atoms with van der Waals surface area (Å²) in [6.45, 7) is 11.4. The topological polar surface area (TPSA) is 34.9 Å². The van der Waals surface area contributed by atoms with Crippen LogP contribution < -0.4 is 5.56 Å². The maximum absolute atomic E-state index is 13.2. The molecule has 1 heterocycles. The van der Waals surface area contributed by atoms with Gasteiger partial charge in [0, 0.05) is 6.42 Å². The van der Waals surface area contributed by atoms with Gasteiger partial charge in [0.05, 0.1) is 17.4 Å². The Balaban J connectivity index is 2.19. The van der Waals surface area contributed by atoms with Crippen molar-refractivity contribution in [1.82, 2.24) is 9.55 Å². The van der Waals surface area contributed by atoms with Crippen LogP contribution in [0.15, 0.2) is 53.3 Å². The number of rotatable bonds is 4. The molecule has 0 radical (unpaired) electrons. The minimum absolute atomic E-state index is 0.0347. The molecule has 3 nitrogen and oxygen atoms in total. The average Bonchev–Trinajstić information content (AvgIpc) is 2.57. The maximum Gasteiger partial charge on any atom is 0.261 e. The van der Waals surface area contributed by atoms with E-state index < -0.39 is 0 Å². The van der Waals surface area contributed by atoms with Gasteiger partial charge in [0.1, 0.15) is 5.82 Å². The fourth-order valence-corrected chi connectivity index (χ4v) is 3.18. The highest BCUT2D eigenvalue weighted by Gasteiger charge is 2.17. The zero-order valence-corrected chi connectivity index (χ0v) is 16.4. The molecule has 0 saturated carbocycles. The quantitative estimate of drug-likeness (QED) is 0.669. The fourth-order valence-electron chi connectivity index (χ4n) is 3.18. The van der Waals surface area contributed by atoms with Gasteiger partial charge in [-0.05, 0) is 34.6 Å². The largest absolute Gasteiger partial charge is 0.292 e. The van der Waals surface area contributed by atoms with Crippen molar-refractivity contribution in [3.63, 3.8) is 0 Å². The number of fused-ring (bicyclic) bond motifs is 1. The van der Waals surface area contributed by atoms with Crippen molar-refractivity contribution in [1.29, 1.82) is 0 Å². The van der Waals surface area contributed by atoms with Gasteiger partial charge in [-0.25, -0.2) is 4.98 Å². The van der Waals surface area contributed by atoms with Crippen LogP contribution in [0.4, 0.5) is 0 Å². The summed E-state index contributed by atoms with van der Waals surface area (Å²) in [7, 11) is 0. The van der Waals surface area contributed by atoms with Crippen LogP contribution in [0, 0.1) is 5.92 Å². The monoisotopic (exact) mass is 348 g/mol. The summed E-state index contributed by atoms with van der Waals surface area (Å²) in [5, 5.41) is 0.696. The van der Waals surface area contributed by atoms with E-state index in [1.165, 1.54) is 5.56 Å². The highest BCUT2D eigenvalue weighted by Crippen LogP contribution is 2.24. The molecule has 136 valence electrons. The SMILES string of the molecule is CC(C)Cc1nc2cc(C(C)(C)C)ccc2c(=O)n1Cc1ccccc1. The van der Waals surface area contributed by atoms with Crippen LogP contribution in [0.5, 0.6) is 0 Å². The Kier molecular flexibility index (Phi) is 4.99. The Morgan fingerprint density at radius 1 is 1.04 bits per heavy atom. The lowest BCUT2D eigenvalue weighted by molar-refractivity contribution is 0.573. The van der Waals surface area contributed by atoms with Gasteiger partial charge >= 0.3 is 0 Å². The average molecular weight is 348 g/mol. The molecule has 3 heteroatoms. The first-order valence-corrected chi connectivity index (χ1v) is 9.33. The first-order valence-electron chi connectivity index (χ1n) is 9.33. The van der Waals surface area contributed by atoms with Crippen LogP contribution >= 0.6 is 0 Å². The molecule has 0 atom stereocenters. The van der Waals surface area contributed by atoms with Crippen molar-refractivity contribution in [2.45, 2.75) is 53.0 Å². The van der Waals surface area contributed by atoms with Gasteiger partial charge in [-0.1, -0.05) is 71.0 Å². The van der Waals surface area contributed by atoms with Gasteiger partial charge in [-0.2, -0.15) is 0 Å². The number of benzene rings is 2. The number of aromatic nitrogens is 2. The molecule has 1 aromatic heterocycles. The van der Waals surface area contributed by atoms with Crippen LogP contribution in [-0.4, -0.2) is 9.55 Å². The molecule has 0 spiro atoms. The van der Waals surface area contributed by atoms with Crippen molar-refractivity contribution < 1.29 is 0 Å². The normalized spacial score (nSPS) is 12.1. The van der Waals surface area contributed by atoms with Crippen molar-refractivity contribution in [2.24, 2.45) is 5.92 Å².